The molecule has 2 heterocycles. The zero-order chi connectivity index (χ0) is 14.4. The number of halogens is 1. The predicted octanol–water partition coefficient (Wildman–Crippen LogP) is 3.23. The van der Waals surface area contributed by atoms with Crippen LogP contribution >= 0.6 is 35.3 Å². The van der Waals surface area contributed by atoms with Crippen molar-refractivity contribution in [2.75, 3.05) is 6.54 Å². The van der Waals surface area contributed by atoms with E-state index in [0.717, 1.165) is 35.5 Å². The van der Waals surface area contributed by atoms with E-state index in [0.29, 0.717) is 6.54 Å². The Bertz CT molecular complexity index is 566. The van der Waals surface area contributed by atoms with Crippen LogP contribution < -0.4 is 10.6 Å². The van der Waals surface area contributed by atoms with Crippen LogP contribution in [0.1, 0.15) is 28.3 Å². The molecule has 0 aliphatic rings. The van der Waals surface area contributed by atoms with E-state index in [1.165, 1.54) is 4.88 Å². The first-order chi connectivity index (χ1) is 9.69. The molecule has 0 fully saturated rings. The number of rotatable bonds is 5. The summed E-state index contributed by atoms with van der Waals surface area (Å²) in [6, 6.07) is 3.79. The van der Waals surface area contributed by atoms with Crippen LogP contribution in [0.3, 0.4) is 0 Å². The van der Waals surface area contributed by atoms with E-state index in [-0.39, 0.29) is 24.0 Å². The minimum absolute atomic E-state index is 0. The standard InChI is InChI=1S/C14H20N4OS.HI/c1-4-15-14(16-8-12-6-5-7-19-12)17-9-13-10(2)18-11(3)20-13;/h5-7H,4,8-9H2,1-3H3,(H2,15,16,17);1H. The van der Waals surface area contributed by atoms with Crippen molar-refractivity contribution in [1.82, 2.24) is 15.6 Å². The predicted molar refractivity (Wildman–Crippen MR) is 97.4 cm³/mol. The lowest BCUT2D eigenvalue weighted by Crippen LogP contribution is -2.36. The number of hydrogen-bond acceptors (Lipinski definition) is 4. The summed E-state index contributed by atoms with van der Waals surface area (Å²) in [6.45, 7) is 8.20. The topological polar surface area (TPSA) is 62.5 Å². The van der Waals surface area contributed by atoms with Crippen LogP contribution in [0.5, 0.6) is 0 Å². The minimum Gasteiger partial charge on any atom is -0.467 e. The van der Waals surface area contributed by atoms with E-state index in [1.54, 1.807) is 17.6 Å². The summed E-state index contributed by atoms with van der Waals surface area (Å²) in [7, 11) is 0. The molecular formula is C14H21IN4OS. The van der Waals surface area contributed by atoms with Crippen LogP contribution in [0, 0.1) is 13.8 Å². The molecule has 21 heavy (non-hydrogen) atoms. The van der Waals surface area contributed by atoms with Gasteiger partial charge in [0.1, 0.15) is 12.3 Å². The van der Waals surface area contributed by atoms with Crippen LogP contribution in [0.2, 0.25) is 0 Å². The van der Waals surface area contributed by atoms with Gasteiger partial charge in [-0.05, 0) is 32.9 Å². The zero-order valence-corrected chi connectivity index (χ0v) is 15.6. The molecule has 0 atom stereocenters. The Labute approximate surface area is 146 Å². The lowest BCUT2D eigenvalue weighted by Gasteiger charge is -2.10. The summed E-state index contributed by atoms with van der Waals surface area (Å²) in [5.41, 5.74) is 1.09. The minimum atomic E-state index is 0. The highest BCUT2D eigenvalue weighted by Crippen LogP contribution is 2.16. The van der Waals surface area contributed by atoms with Gasteiger partial charge in [-0.25, -0.2) is 9.98 Å². The van der Waals surface area contributed by atoms with Crippen molar-refractivity contribution >= 4 is 41.3 Å². The first kappa shape index (κ1) is 18.0. The van der Waals surface area contributed by atoms with E-state index in [9.17, 15) is 0 Å². The second kappa shape index (κ2) is 9.04. The normalized spacial score (nSPS) is 11.1. The number of guanidine groups is 1. The molecule has 5 nitrogen and oxygen atoms in total. The quantitative estimate of drug-likeness (QED) is 0.443. The van der Waals surface area contributed by atoms with Crippen LogP contribution in [-0.4, -0.2) is 17.5 Å². The van der Waals surface area contributed by atoms with Crippen LogP contribution in [0.25, 0.3) is 0 Å². The van der Waals surface area contributed by atoms with Gasteiger partial charge < -0.3 is 15.1 Å². The third-order valence-corrected chi connectivity index (χ3v) is 3.81. The Balaban J connectivity index is 0.00000220. The zero-order valence-electron chi connectivity index (χ0n) is 12.5. The van der Waals surface area contributed by atoms with E-state index in [4.69, 9.17) is 4.42 Å². The van der Waals surface area contributed by atoms with Gasteiger partial charge in [-0.3, -0.25) is 0 Å². The molecule has 2 aromatic rings. The van der Waals surface area contributed by atoms with Crippen molar-refractivity contribution in [3.05, 3.63) is 39.7 Å². The fraction of sp³-hybridized carbons (Fsp3) is 0.429. The van der Waals surface area contributed by atoms with Crippen molar-refractivity contribution in [2.24, 2.45) is 4.99 Å². The summed E-state index contributed by atoms with van der Waals surface area (Å²) in [4.78, 5) is 10.2. The first-order valence-electron chi connectivity index (χ1n) is 6.66. The van der Waals surface area contributed by atoms with Gasteiger partial charge in [0.25, 0.3) is 0 Å². The fourth-order valence-corrected chi connectivity index (χ4v) is 2.68. The molecule has 0 amide bonds. The molecule has 0 radical (unpaired) electrons. The maximum absolute atomic E-state index is 5.28. The number of aromatic nitrogens is 1. The van der Waals surface area contributed by atoms with Gasteiger partial charge in [-0.2, -0.15) is 0 Å². The average molecular weight is 420 g/mol. The monoisotopic (exact) mass is 420 g/mol. The molecule has 7 heteroatoms. The van der Waals surface area contributed by atoms with E-state index in [2.05, 4.69) is 20.6 Å². The van der Waals surface area contributed by atoms with Gasteiger partial charge in [-0.1, -0.05) is 0 Å². The average Bonchev–Trinajstić information content (AvgIpc) is 3.03. The number of aliphatic imine (C=N–C) groups is 1. The summed E-state index contributed by atoms with van der Waals surface area (Å²) in [5.74, 6) is 1.64. The van der Waals surface area contributed by atoms with Gasteiger partial charge in [0.15, 0.2) is 5.96 Å². The van der Waals surface area contributed by atoms with E-state index < -0.39 is 0 Å². The molecule has 2 aromatic heterocycles. The summed E-state index contributed by atoms with van der Waals surface area (Å²) < 4.78 is 5.28. The van der Waals surface area contributed by atoms with Crippen LogP contribution in [0.4, 0.5) is 0 Å². The molecule has 0 aliphatic carbocycles. The lowest BCUT2D eigenvalue weighted by atomic mass is 10.4. The lowest BCUT2D eigenvalue weighted by molar-refractivity contribution is 0.512. The van der Waals surface area contributed by atoms with E-state index >= 15 is 0 Å². The number of furan rings is 1. The molecule has 0 aliphatic heterocycles. The summed E-state index contributed by atoms with van der Waals surface area (Å²) >= 11 is 1.72. The van der Waals surface area contributed by atoms with E-state index in [1.807, 2.05) is 32.9 Å². The smallest absolute Gasteiger partial charge is 0.191 e. The number of nitrogens with zero attached hydrogens (tertiary/aromatic N) is 2. The number of thiazole rings is 1. The van der Waals surface area contributed by atoms with Gasteiger partial charge in [-0.15, -0.1) is 35.3 Å². The third kappa shape index (κ3) is 5.66. The number of nitrogens with one attached hydrogen (secondary N) is 2. The van der Waals surface area contributed by atoms with Crippen molar-refractivity contribution < 1.29 is 4.42 Å². The van der Waals surface area contributed by atoms with Crippen molar-refractivity contribution in [3.8, 4) is 0 Å². The van der Waals surface area contributed by atoms with Crippen molar-refractivity contribution in [1.29, 1.82) is 0 Å². The Morgan fingerprint density at radius 3 is 2.76 bits per heavy atom. The van der Waals surface area contributed by atoms with Crippen molar-refractivity contribution in [3.63, 3.8) is 0 Å². The second-order valence-corrected chi connectivity index (χ2v) is 5.66. The largest absolute Gasteiger partial charge is 0.467 e. The van der Waals surface area contributed by atoms with Gasteiger partial charge in [0.2, 0.25) is 0 Å². The SMILES string of the molecule is CCNC(=NCc1ccco1)NCc1sc(C)nc1C.I. The molecule has 0 bridgehead atoms. The summed E-state index contributed by atoms with van der Waals surface area (Å²) in [6.07, 6.45) is 1.66. The van der Waals surface area contributed by atoms with Crippen molar-refractivity contribution in [2.45, 2.75) is 33.9 Å². The number of aryl methyl sites for hydroxylation is 2. The Morgan fingerprint density at radius 1 is 1.38 bits per heavy atom. The molecule has 0 saturated heterocycles. The highest BCUT2D eigenvalue weighted by molar-refractivity contribution is 14.0. The number of hydrogen-bond donors (Lipinski definition) is 2. The maximum Gasteiger partial charge on any atom is 0.191 e. The second-order valence-electron chi connectivity index (χ2n) is 4.37. The molecule has 0 saturated carbocycles. The molecular weight excluding hydrogens is 399 g/mol. The fourth-order valence-electron chi connectivity index (χ4n) is 1.80. The third-order valence-electron chi connectivity index (χ3n) is 2.73. The van der Waals surface area contributed by atoms with Crippen LogP contribution in [0.15, 0.2) is 27.8 Å². The molecule has 0 spiro atoms. The Morgan fingerprint density at radius 2 is 2.19 bits per heavy atom. The first-order valence-corrected chi connectivity index (χ1v) is 7.48. The molecule has 116 valence electrons. The Hall–Kier alpha value is -1.09. The highest BCUT2D eigenvalue weighted by atomic mass is 127. The molecule has 0 unspecified atom stereocenters. The maximum atomic E-state index is 5.28. The molecule has 2 N–H and O–H groups in total. The highest BCUT2D eigenvalue weighted by Gasteiger charge is 2.05. The van der Waals surface area contributed by atoms with Crippen LogP contribution in [-0.2, 0) is 13.1 Å². The van der Waals surface area contributed by atoms with Gasteiger partial charge in [0, 0.05) is 11.4 Å². The Kier molecular flexibility index (Phi) is 7.73. The molecule has 2 rings (SSSR count). The molecule has 0 aromatic carbocycles. The van der Waals surface area contributed by atoms with Gasteiger partial charge in [0.05, 0.1) is 23.5 Å². The van der Waals surface area contributed by atoms with Gasteiger partial charge >= 0.3 is 0 Å². The summed E-state index contributed by atoms with van der Waals surface area (Å²) in [5, 5.41) is 7.64.